The highest BCUT2D eigenvalue weighted by atomic mass is 32.1. The average Bonchev–Trinajstić information content (AvgIpc) is 3.07. The van der Waals surface area contributed by atoms with Crippen molar-refractivity contribution in [2.75, 3.05) is 13.7 Å². The predicted molar refractivity (Wildman–Crippen MR) is 82.9 cm³/mol. The third-order valence-electron chi connectivity index (χ3n) is 3.40. The van der Waals surface area contributed by atoms with Crippen LogP contribution in [0.4, 0.5) is 0 Å². The highest BCUT2D eigenvalue weighted by molar-refractivity contribution is 7.10. The van der Waals surface area contributed by atoms with Gasteiger partial charge >= 0.3 is 0 Å². The molecule has 4 nitrogen and oxygen atoms in total. The van der Waals surface area contributed by atoms with Crippen molar-refractivity contribution in [2.45, 2.75) is 44.9 Å². The molecule has 0 radical (unpaired) electrons. The Morgan fingerprint density at radius 1 is 1.57 bits per heavy atom. The molecule has 114 valence electrons. The lowest BCUT2D eigenvalue weighted by Crippen LogP contribution is -2.35. The van der Waals surface area contributed by atoms with Gasteiger partial charge in [-0.05, 0) is 25.8 Å². The van der Waals surface area contributed by atoms with E-state index in [9.17, 15) is 4.79 Å². The monoisotopic (exact) mass is 307 g/mol. The van der Waals surface area contributed by atoms with Crippen LogP contribution < -0.4 is 0 Å². The van der Waals surface area contributed by atoms with E-state index in [4.69, 9.17) is 9.84 Å². The molecule has 0 aliphatic carbocycles. The second-order valence-corrected chi connectivity index (χ2v) is 6.28. The summed E-state index contributed by atoms with van der Waals surface area (Å²) in [5, 5.41) is 10.7. The summed E-state index contributed by atoms with van der Waals surface area (Å²) in [5.74, 6) is 5.95. The lowest BCUT2D eigenvalue weighted by Gasteiger charge is -2.20. The van der Waals surface area contributed by atoms with Crippen LogP contribution in [0.5, 0.6) is 0 Å². The molecule has 1 aliphatic rings. The lowest BCUT2D eigenvalue weighted by atomic mass is 10.2. The molecule has 2 atom stereocenters. The second-order valence-electron chi connectivity index (χ2n) is 5.28. The zero-order valence-corrected chi connectivity index (χ0v) is 13.3. The zero-order chi connectivity index (χ0) is 15.2. The number of aliphatic hydroxyl groups excluding tert-OH is 1. The second kappa shape index (κ2) is 7.60. The van der Waals surface area contributed by atoms with E-state index in [2.05, 4.69) is 11.8 Å². The maximum absolute atomic E-state index is 12.3. The van der Waals surface area contributed by atoms with Crippen molar-refractivity contribution < 1.29 is 14.6 Å². The van der Waals surface area contributed by atoms with Crippen molar-refractivity contribution in [3.05, 3.63) is 21.9 Å². The number of likely N-dealkylation sites (N-methyl/N-ethyl adjacent to an activating group) is 1. The van der Waals surface area contributed by atoms with Crippen LogP contribution in [0, 0.1) is 11.8 Å². The summed E-state index contributed by atoms with van der Waals surface area (Å²) in [5.41, 5.74) is 0.940. The molecule has 1 N–H and O–H groups in total. The van der Waals surface area contributed by atoms with Crippen LogP contribution in [-0.4, -0.2) is 41.8 Å². The number of amides is 1. The summed E-state index contributed by atoms with van der Waals surface area (Å²) >= 11 is 1.60. The topological polar surface area (TPSA) is 49.8 Å². The smallest absolute Gasteiger partial charge is 0.251 e. The molecule has 0 aromatic carbocycles. The molecule has 2 heterocycles. The fourth-order valence-electron chi connectivity index (χ4n) is 2.29. The highest BCUT2D eigenvalue weighted by Crippen LogP contribution is 2.22. The van der Waals surface area contributed by atoms with Gasteiger partial charge < -0.3 is 14.7 Å². The third kappa shape index (κ3) is 4.57. The summed E-state index contributed by atoms with van der Waals surface area (Å²) in [7, 11) is 1.81. The number of hydrogen-bond donors (Lipinski definition) is 1. The van der Waals surface area contributed by atoms with Gasteiger partial charge in [-0.25, -0.2) is 0 Å². The van der Waals surface area contributed by atoms with Crippen molar-refractivity contribution in [3.63, 3.8) is 0 Å². The minimum Gasteiger partial charge on any atom is -0.395 e. The van der Waals surface area contributed by atoms with E-state index in [1.165, 1.54) is 0 Å². The van der Waals surface area contributed by atoms with Crippen molar-refractivity contribution in [1.29, 1.82) is 0 Å². The molecule has 1 aliphatic heterocycles. The van der Waals surface area contributed by atoms with Gasteiger partial charge in [0.1, 0.15) is 6.10 Å². The average molecular weight is 307 g/mol. The lowest BCUT2D eigenvalue weighted by molar-refractivity contribution is -0.141. The molecule has 1 aromatic rings. The fraction of sp³-hybridized carbons (Fsp3) is 0.562. The van der Waals surface area contributed by atoms with E-state index >= 15 is 0 Å². The molecule has 1 amide bonds. The minimum absolute atomic E-state index is 0.0562. The van der Waals surface area contributed by atoms with Gasteiger partial charge in [-0.2, -0.15) is 0 Å². The number of carbonyl (C=O) groups excluding carboxylic acids is 1. The minimum atomic E-state index is -0.284. The maximum Gasteiger partial charge on any atom is 0.251 e. The largest absolute Gasteiger partial charge is 0.395 e. The van der Waals surface area contributed by atoms with E-state index in [1.54, 1.807) is 16.2 Å². The summed E-state index contributed by atoms with van der Waals surface area (Å²) in [4.78, 5) is 15.1. The summed E-state index contributed by atoms with van der Waals surface area (Å²) in [6, 6.07) is 2.00. The first kappa shape index (κ1) is 16.0. The van der Waals surface area contributed by atoms with Gasteiger partial charge in [0.15, 0.2) is 0 Å². The van der Waals surface area contributed by atoms with Crippen LogP contribution in [0.25, 0.3) is 0 Å². The Kier molecular flexibility index (Phi) is 5.80. The number of hydrogen-bond acceptors (Lipinski definition) is 4. The van der Waals surface area contributed by atoms with Gasteiger partial charge in [0.25, 0.3) is 5.91 Å². The first-order chi connectivity index (χ1) is 10.1. The van der Waals surface area contributed by atoms with Crippen LogP contribution >= 0.6 is 11.3 Å². The highest BCUT2D eigenvalue weighted by Gasteiger charge is 2.30. The van der Waals surface area contributed by atoms with E-state index in [-0.39, 0.29) is 24.7 Å². The van der Waals surface area contributed by atoms with Crippen molar-refractivity contribution >= 4 is 17.2 Å². The molecule has 2 rings (SSSR count). The maximum atomic E-state index is 12.3. The SMILES string of the molecule is CC1CCC(C(=O)N(C)Cc2cc(C#CCCO)cs2)O1. The van der Waals surface area contributed by atoms with Gasteiger partial charge in [0.05, 0.1) is 19.3 Å². The predicted octanol–water partition coefficient (Wildman–Crippen LogP) is 2.01. The Hall–Kier alpha value is -1.35. The number of nitrogens with zero attached hydrogens (tertiary/aromatic N) is 1. The van der Waals surface area contributed by atoms with Crippen LogP contribution in [-0.2, 0) is 16.1 Å². The molecule has 2 unspecified atom stereocenters. The summed E-state index contributed by atoms with van der Waals surface area (Å²) < 4.78 is 5.62. The van der Waals surface area contributed by atoms with Crippen molar-refractivity contribution in [2.24, 2.45) is 0 Å². The molecule has 1 fully saturated rings. The summed E-state index contributed by atoms with van der Waals surface area (Å²) in [6.07, 6.45) is 2.15. The van der Waals surface area contributed by atoms with Crippen LogP contribution in [0.2, 0.25) is 0 Å². The molecule has 1 saturated heterocycles. The van der Waals surface area contributed by atoms with E-state index in [0.29, 0.717) is 13.0 Å². The standard InChI is InChI=1S/C16H21NO3S/c1-12-6-7-15(20-12)16(19)17(2)10-14-9-13(11-21-14)5-3-4-8-18/h9,11-12,15,18H,4,6-8,10H2,1-2H3. The molecule has 0 bridgehead atoms. The Labute approximate surface area is 129 Å². The molecule has 0 spiro atoms. The van der Waals surface area contributed by atoms with Crippen LogP contribution in [0.15, 0.2) is 11.4 Å². The number of aliphatic hydroxyl groups is 1. The molecule has 1 aromatic heterocycles. The number of rotatable bonds is 4. The molecule has 21 heavy (non-hydrogen) atoms. The fourth-order valence-corrected chi connectivity index (χ4v) is 3.16. The van der Waals surface area contributed by atoms with E-state index in [1.807, 2.05) is 25.4 Å². The van der Waals surface area contributed by atoms with Crippen LogP contribution in [0.3, 0.4) is 0 Å². The first-order valence-corrected chi connectivity index (χ1v) is 8.05. The Bertz CT molecular complexity index is 543. The normalized spacial score (nSPS) is 20.9. The van der Waals surface area contributed by atoms with Crippen LogP contribution in [0.1, 0.15) is 36.6 Å². The third-order valence-corrected chi connectivity index (χ3v) is 4.32. The quantitative estimate of drug-likeness (QED) is 0.866. The number of thiophene rings is 1. The van der Waals surface area contributed by atoms with Gasteiger partial charge in [-0.1, -0.05) is 11.8 Å². The first-order valence-electron chi connectivity index (χ1n) is 7.17. The van der Waals surface area contributed by atoms with Crippen molar-refractivity contribution in [3.8, 4) is 11.8 Å². The molecule has 5 heteroatoms. The van der Waals surface area contributed by atoms with Gasteiger partial charge in [-0.15, -0.1) is 11.3 Å². The van der Waals surface area contributed by atoms with Gasteiger partial charge in [0.2, 0.25) is 0 Å². The molecule has 0 saturated carbocycles. The van der Waals surface area contributed by atoms with E-state index in [0.717, 1.165) is 23.3 Å². The summed E-state index contributed by atoms with van der Waals surface area (Å²) in [6.45, 7) is 2.67. The molecular weight excluding hydrogens is 286 g/mol. The Balaban J connectivity index is 1.89. The molecular formula is C16H21NO3S. The van der Waals surface area contributed by atoms with Crippen molar-refractivity contribution in [1.82, 2.24) is 4.90 Å². The Morgan fingerprint density at radius 2 is 2.38 bits per heavy atom. The Morgan fingerprint density at radius 3 is 3.05 bits per heavy atom. The number of carbonyl (C=O) groups is 1. The van der Waals surface area contributed by atoms with E-state index < -0.39 is 0 Å². The number of ether oxygens (including phenoxy) is 1. The zero-order valence-electron chi connectivity index (χ0n) is 12.5. The van der Waals surface area contributed by atoms with Gasteiger partial charge in [-0.3, -0.25) is 4.79 Å². The van der Waals surface area contributed by atoms with Gasteiger partial charge in [0, 0.05) is 29.3 Å².